The molecule has 0 bridgehead atoms. The van der Waals surface area contributed by atoms with Crippen LogP contribution in [0.4, 0.5) is 10.1 Å². The van der Waals surface area contributed by atoms with E-state index >= 15 is 0 Å². The molecule has 0 fully saturated rings. The van der Waals surface area contributed by atoms with Crippen LogP contribution in [0.1, 0.15) is 12.0 Å². The van der Waals surface area contributed by atoms with E-state index in [0.717, 1.165) is 11.3 Å². The van der Waals surface area contributed by atoms with E-state index in [9.17, 15) is 9.18 Å². The molecule has 0 saturated carbocycles. The Kier molecular flexibility index (Phi) is 4.46. The van der Waals surface area contributed by atoms with Crippen molar-refractivity contribution in [2.75, 3.05) is 25.2 Å². The van der Waals surface area contributed by atoms with Gasteiger partial charge in [0.05, 0.1) is 19.3 Å². The van der Waals surface area contributed by atoms with Gasteiger partial charge in [-0.25, -0.2) is 4.39 Å². The fourth-order valence-electron chi connectivity index (χ4n) is 2.66. The Morgan fingerprint density at radius 1 is 1.30 bits per heavy atom. The van der Waals surface area contributed by atoms with E-state index in [-0.39, 0.29) is 11.7 Å². The van der Waals surface area contributed by atoms with Crippen molar-refractivity contribution in [2.45, 2.75) is 12.8 Å². The van der Waals surface area contributed by atoms with E-state index in [1.54, 1.807) is 18.1 Å². The molecule has 3 rings (SSSR count). The topological polar surface area (TPSA) is 38.8 Å². The smallest absolute Gasteiger partial charge is 0.227 e. The minimum absolute atomic E-state index is 0.0389. The zero-order valence-electron chi connectivity index (χ0n) is 12.9. The van der Waals surface area contributed by atoms with E-state index in [0.29, 0.717) is 37.4 Å². The summed E-state index contributed by atoms with van der Waals surface area (Å²) in [5.41, 5.74) is 1.54. The molecule has 0 N–H and O–H groups in total. The first-order valence-electron chi connectivity index (χ1n) is 7.53. The van der Waals surface area contributed by atoms with Crippen LogP contribution in [0.3, 0.4) is 0 Å². The van der Waals surface area contributed by atoms with Gasteiger partial charge in [-0.05, 0) is 36.2 Å². The summed E-state index contributed by atoms with van der Waals surface area (Å²) < 4.78 is 24.1. The number of hydrogen-bond acceptors (Lipinski definition) is 3. The Morgan fingerprint density at radius 2 is 2.17 bits per heavy atom. The van der Waals surface area contributed by atoms with Crippen molar-refractivity contribution < 1.29 is 18.7 Å². The molecule has 120 valence electrons. The number of rotatable bonds is 4. The maximum atomic E-state index is 13.5. The van der Waals surface area contributed by atoms with E-state index in [1.165, 1.54) is 12.1 Å². The number of amides is 1. The minimum Gasteiger partial charge on any atom is -0.497 e. The van der Waals surface area contributed by atoms with Gasteiger partial charge in [0, 0.05) is 12.5 Å². The van der Waals surface area contributed by atoms with Gasteiger partial charge in [-0.1, -0.05) is 12.1 Å². The second-order valence-corrected chi connectivity index (χ2v) is 5.36. The third kappa shape index (κ3) is 3.44. The maximum absolute atomic E-state index is 13.5. The molecule has 4 nitrogen and oxygen atoms in total. The molecule has 0 aromatic heterocycles. The Labute approximate surface area is 134 Å². The highest BCUT2D eigenvalue weighted by Crippen LogP contribution is 2.32. The predicted octanol–water partition coefficient (Wildman–Crippen LogP) is 3.19. The molecule has 23 heavy (non-hydrogen) atoms. The van der Waals surface area contributed by atoms with Crippen molar-refractivity contribution in [3.05, 3.63) is 53.8 Å². The second kappa shape index (κ2) is 6.69. The molecule has 2 aromatic carbocycles. The van der Waals surface area contributed by atoms with Gasteiger partial charge in [-0.2, -0.15) is 0 Å². The molecular formula is C18H18FNO3. The number of hydrogen-bond donors (Lipinski definition) is 0. The predicted molar refractivity (Wildman–Crippen MR) is 85.6 cm³/mol. The van der Waals surface area contributed by atoms with Crippen LogP contribution in [0.15, 0.2) is 42.5 Å². The highest BCUT2D eigenvalue weighted by Gasteiger charge is 2.23. The molecule has 0 radical (unpaired) electrons. The van der Waals surface area contributed by atoms with Gasteiger partial charge in [0.2, 0.25) is 5.91 Å². The summed E-state index contributed by atoms with van der Waals surface area (Å²) in [6.07, 6.45) is 0.959. The monoisotopic (exact) mass is 315 g/mol. The van der Waals surface area contributed by atoms with Gasteiger partial charge in [0.15, 0.2) is 0 Å². The highest BCUT2D eigenvalue weighted by atomic mass is 19.1. The van der Waals surface area contributed by atoms with Crippen molar-refractivity contribution in [1.29, 1.82) is 0 Å². The normalized spacial score (nSPS) is 13.2. The van der Waals surface area contributed by atoms with Crippen molar-refractivity contribution in [2.24, 2.45) is 0 Å². The van der Waals surface area contributed by atoms with Gasteiger partial charge in [0.25, 0.3) is 0 Å². The van der Waals surface area contributed by atoms with Gasteiger partial charge in [0.1, 0.15) is 23.9 Å². The Balaban J connectivity index is 1.71. The lowest BCUT2D eigenvalue weighted by Gasteiger charge is -2.29. The fourth-order valence-corrected chi connectivity index (χ4v) is 2.66. The molecule has 0 spiro atoms. The Bertz CT molecular complexity index is 717. The molecule has 1 heterocycles. The number of fused-ring (bicyclic) bond motifs is 1. The number of anilines is 1. The molecular weight excluding hydrogens is 297 g/mol. The SMILES string of the molecule is COc1cccc(CCC(=O)N2CCOc3ccc(F)cc32)c1. The second-order valence-electron chi connectivity index (χ2n) is 5.36. The molecule has 1 aliphatic rings. The number of aryl methyl sites for hydroxylation is 1. The summed E-state index contributed by atoms with van der Waals surface area (Å²) in [4.78, 5) is 14.1. The average Bonchev–Trinajstić information content (AvgIpc) is 2.59. The number of ether oxygens (including phenoxy) is 2. The number of methoxy groups -OCH3 is 1. The van der Waals surface area contributed by atoms with Gasteiger partial charge in [-0.15, -0.1) is 0 Å². The van der Waals surface area contributed by atoms with E-state index in [1.807, 2.05) is 24.3 Å². The summed E-state index contributed by atoms with van der Waals surface area (Å²) in [5, 5.41) is 0. The zero-order valence-corrected chi connectivity index (χ0v) is 12.9. The van der Waals surface area contributed by atoms with Gasteiger partial charge < -0.3 is 14.4 Å². The summed E-state index contributed by atoms with van der Waals surface area (Å²) in [6.45, 7) is 0.858. The lowest BCUT2D eigenvalue weighted by atomic mass is 10.1. The summed E-state index contributed by atoms with van der Waals surface area (Å²) in [7, 11) is 1.61. The standard InChI is InChI=1S/C18H18FNO3/c1-22-15-4-2-3-13(11-15)5-8-18(21)20-9-10-23-17-7-6-14(19)12-16(17)20/h2-4,6-7,11-12H,5,8-10H2,1H3. The van der Waals surface area contributed by atoms with Crippen LogP contribution in [-0.4, -0.2) is 26.2 Å². The van der Waals surface area contributed by atoms with Crippen LogP contribution < -0.4 is 14.4 Å². The number of nitrogens with zero attached hydrogens (tertiary/aromatic N) is 1. The summed E-state index contributed by atoms with van der Waals surface area (Å²) in [6, 6.07) is 11.9. The van der Waals surface area contributed by atoms with Crippen molar-refractivity contribution in [3.63, 3.8) is 0 Å². The summed E-state index contributed by atoms with van der Waals surface area (Å²) >= 11 is 0. The van der Waals surface area contributed by atoms with Gasteiger partial charge in [-0.3, -0.25) is 4.79 Å². The Morgan fingerprint density at radius 3 is 3.00 bits per heavy atom. The first kappa shape index (κ1) is 15.3. The van der Waals surface area contributed by atoms with Gasteiger partial charge >= 0.3 is 0 Å². The fraction of sp³-hybridized carbons (Fsp3) is 0.278. The molecule has 0 atom stereocenters. The van der Waals surface area contributed by atoms with Crippen molar-refractivity contribution >= 4 is 11.6 Å². The molecule has 5 heteroatoms. The summed E-state index contributed by atoms with van der Waals surface area (Å²) in [5.74, 6) is 0.906. The van der Waals surface area contributed by atoms with Crippen molar-refractivity contribution in [1.82, 2.24) is 0 Å². The number of benzene rings is 2. The van der Waals surface area contributed by atoms with Crippen LogP contribution in [-0.2, 0) is 11.2 Å². The molecule has 2 aromatic rings. The van der Waals surface area contributed by atoms with Crippen LogP contribution in [0, 0.1) is 5.82 Å². The van der Waals surface area contributed by atoms with Crippen LogP contribution in [0.5, 0.6) is 11.5 Å². The third-order valence-electron chi connectivity index (χ3n) is 3.85. The molecule has 1 aliphatic heterocycles. The van der Waals surface area contributed by atoms with E-state index in [2.05, 4.69) is 0 Å². The number of carbonyl (C=O) groups excluding carboxylic acids is 1. The van der Waals surface area contributed by atoms with E-state index < -0.39 is 0 Å². The minimum atomic E-state index is -0.375. The lowest BCUT2D eigenvalue weighted by Crippen LogP contribution is -2.38. The quantitative estimate of drug-likeness (QED) is 0.870. The van der Waals surface area contributed by atoms with E-state index in [4.69, 9.17) is 9.47 Å². The van der Waals surface area contributed by atoms with Crippen molar-refractivity contribution in [3.8, 4) is 11.5 Å². The van der Waals surface area contributed by atoms with Crippen LogP contribution >= 0.6 is 0 Å². The maximum Gasteiger partial charge on any atom is 0.227 e. The Hall–Kier alpha value is -2.56. The van der Waals surface area contributed by atoms with Crippen LogP contribution in [0.2, 0.25) is 0 Å². The molecule has 0 saturated heterocycles. The lowest BCUT2D eigenvalue weighted by molar-refractivity contribution is -0.118. The first-order valence-corrected chi connectivity index (χ1v) is 7.53. The largest absolute Gasteiger partial charge is 0.497 e. The number of carbonyl (C=O) groups is 1. The molecule has 0 unspecified atom stereocenters. The highest BCUT2D eigenvalue weighted by molar-refractivity contribution is 5.95. The third-order valence-corrected chi connectivity index (χ3v) is 3.85. The number of halogens is 1. The zero-order chi connectivity index (χ0) is 16.2. The molecule has 0 aliphatic carbocycles. The van der Waals surface area contributed by atoms with Crippen LogP contribution in [0.25, 0.3) is 0 Å². The molecule has 1 amide bonds. The first-order chi connectivity index (χ1) is 11.2. The average molecular weight is 315 g/mol.